The first-order valence-corrected chi connectivity index (χ1v) is 8.62. The van der Waals surface area contributed by atoms with E-state index in [2.05, 4.69) is 10.3 Å². The van der Waals surface area contributed by atoms with Gasteiger partial charge in [0.1, 0.15) is 5.01 Å². The Hall–Kier alpha value is -1.83. The summed E-state index contributed by atoms with van der Waals surface area (Å²) in [5, 5.41) is 14.4. The Labute approximate surface area is 153 Å². The molecular weight excluding hydrogens is 373 g/mol. The molecule has 0 spiro atoms. The van der Waals surface area contributed by atoms with Crippen molar-refractivity contribution in [3.05, 3.63) is 44.3 Å². The third kappa shape index (κ3) is 4.59. The van der Waals surface area contributed by atoms with Crippen LogP contribution < -0.4 is 5.32 Å². The van der Waals surface area contributed by atoms with E-state index in [1.807, 2.05) is 13.8 Å². The van der Waals surface area contributed by atoms with Gasteiger partial charge in [-0.15, -0.1) is 11.3 Å². The van der Waals surface area contributed by atoms with Crippen LogP contribution in [-0.4, -0.2) is 33.0 Å². The van der Waals surface area contributed by atoms with Crippen molar-refractivity contribution in [3.63, 3.8) is 0 Å². The maximum atomic E-state index is 12.5. The molecule has 128 valence electrons. The van der Waals surface area contributed by atoms with E-state index >= 15 is 0 Å². The maximum absolute atomic E-state index is 12.5. The van der Waals surface area contributed by atoms with Gasteiger partial charge in [0.25, 0.3) is 0 Å². The Kier molecular flexibility index (Phi) is 6.04. The van der Waals surface area contributed by atoms with Gasteiger partial charge >= 0.3 is 12.0 Å². The van der Waals surface area contributed by atoms with E-state index in [-0.39, 0.29) is 24.3 Å². The predicted molar refractivity (Wildman–Crippen MR) is 95.2 cm³/mol. The Balaban J connectivity index is 2.12. The molecule has 2 aromatic rings. The number of carbonyl (C=O) groups is 2. The number of aromatic carboxylic acids is 1. The van der Waals surface area contributed by atoms with Crippen molar-refractivity contribution in [3.8, 4) is 0 Å². The van der Waals surface area contributed by atoms with Gasteiger partial charge in [-0.2, -0.15) is 0 Å². The number of rotatable bonds is 5. The molecular formula is C15H15Cl2N3O3S. The van der Waals surface area contributed by atoms with Crippen LogP contribution in [0, 0.1) is 0 Å². The van der Waals surface area contributed by atoms with Crippen LogP contribution in [0.5, 0.6) is 0 Å². The van der Waals surface area contributed by atoms with Gasteiger partial charge in [0.15, 0.2) is 5.69 Å². The van der Waals surface area contributed by atoms with Crippen molar-refractivity contribution in [2.24, 2.45) is 0 Å². The monoisotopic (exact) mass is 387 g/mol. The number of carbonyl (C=O) groups excluding carboxylic acids is 1. The van der Waals surface area contributed by atoms with E-state index in [0.29, 0.717) is 20.7 Å². The number of benzene rings is 1. The van der Waals surface area contributed by atoms with Crippen molar-refractivity contribution >= 4 is 52.2 Å². The zero-order valence-corrected chi connectivity index (χ0v) is 15.2. The van der Waals surface area contributed by atoms with Crippen molar-refractivity contribution in [1.82, 2.24) is 9.88 Å². The van der Waals surface area contributed by atoms with Crippen molar-refractivity contribution in [2.45, 2.75) is 26.4 Å². The molecule has 0 aliphatic carbocycles. The zero-order chi connectivity index (χ0) is 17.9. The topological polar surface area (TPSA) is 82.5 Å². The second kappa shape index (κ2) is 7.83. The summed E-state index contributed by atoms with van der Waals surface area (Å²) in [6.45, 7) is 3.93. The van der Waals surface area contributed by atoms with Crippen LogP contribution in [0.4, 0.5) is 10.5 Å². The first-order valence-electron chi connectivity index (χ1n) is 6.98. The Morgan fingerprint density at radius 1 is 1.33 bits per heavy atom. The highest BCUT2D eigenvalue weighted by Gasteiger charge is 2.20. The number of nitrogens with one attached hydrogen (secondary N) is 1. The standard InChI is InChI=1S/C15H15Cl2N3O3S/c1-8(2)20(6-13-19-12(7-24-13)14(21)22)15(23)18-9-3-4-10(16)11(17)5-9/h3-5,7-8H,6H2,1-2H3,(H,18,23)(H,21,22). The highest BCUT2D eigenvalue weighted by atomic mass is 35.5. The lowest BCUT2D eigenvalue weighted by atomic mass is 10.3. The van der Waals surface area contributed by atoms with Gasteiger partial charge in [-0.1, -0.05) is 23.2 Å². The van der Waals surface area contributed by atoms with Gasteiger partial charge in [0.2, 0.25) is 0 Å². The van der Waals surface area contributed by atoms with E-state index in [0.717, 1.165) is 0 Å². The number of amides is 2. The number of halogens is 2. The number of carboxylic acids is 1. The molecule has 1 aromatic carbocycles. The van der Waals surface area contributed by atoms with Crippen molar-refractivity contribution in [1.29, 1.82) is 0 Å². The minimum Gasteiger partial charge on any atom is -0.476 e. The zero-order valence-electron chi connectivity index (χ0n) is 12.9. The van der Waals surface area contributed by atoms with Crippen molar-refractivity contribution in [2.75, 3.05) is 5.32 Å². The lowest BCUT2D eigenvalue weighted by molar-refractivity contribution is 0.0691. The van der Waals surface area contributed by atoms with Gasteiger partial charge in [0.05, 0.1) is 16.6 Å². The molecule has 0 saturated heterocycles. The van der Waals surface area contributed by atoms with Crippen LogP contribution in [0.25, 0.3) is 0 Å². The summed E-state index contributed by atoms with van der Waals surface area (Å²) in [6.07, 6.45) is 0. The van der Waals surface area contributed by atoms with Crippen LogP contribution in [0.2, 0.25) is 10.0 Å². The lowest BCUT2D eigenvalue weighted by Crippen LogP contribution is -2.39. The summed E-state index contributed by atoms with van der Waals surface area (Å²) in [5.41, 5.74) is 0.494. The molecule has 1 heterocycles. The summed E-state index contributed by atoms with van der Waals surface area (Å²) in [4.78, 5) is 28.9. The smallest absolute Gasteiger partial charge is 0.355 e. The molecule has 0 aliphatic heterocycles. The van der Waals surface area contributed by atoms with Gasteiger partial charge in [-0.05, 0) is 32.0 Å². The molecule has 1 aromatic heterocycles. The first kappa shape index (κ1) is 18.5. The number of hydrogen-bond donors (Lipinski definition) is 2. The molecule has 0 radical (unpaired) electrons. The average molecular weight is 388 g/mol. The number of anilines is 1. The molecule has 2 N–H and O–H groups in total. The molecule has 0 fully saturated rings. The summed E-state index contributed by atoms with van der Waals surface area (Å²) in [5.74, 6) is -1.09. The largest absolute Gasteiger partial charge is 0.476 e. The number of carboxylic acid groups (broad SMARTS) is 1. The number of hydrogen-bond acceptors (Lipinski definition) is 4. The lowest BCUT2D eigenvalue weighted by Gasteiger charge is -2.26. The number of thiazole rings is 1. The number of aromatic nitrogens is 1. The molecule has 24 heavy (non-hydrogen) atoms. The summed E-state index contributed by atoms with van der Waals surface area (Å²) >= 11 is 13.0. The van der Waals surface area contributed by atoms with Gasteiger partial charge < -0.3 is 15.3 Å². The third-order valence-corrected chi connectivity index (χ3v) is 4.70. The van der Waals surface area contributed by atoms with Crippen LogP contribution in [-0.2, 0) is 6.54 Å². The molecule has 2 amide bonds. The second-order valence-corrected chi connectivity index (χ2v) is 6.97. The van der Waals surface area contributed by atoms with Crippen LogP contribution in [0.15, 0.2) is 23.6 Å². The minimum absolute atomic E-state index is 0.0244. The highest BCUT2D eigenvalue weighted by molar-refractivity contribution is 7.09. The van der Waals surface area contributed by atoms with Crippen LogP contribution >= 0.6 is 34.5 Å². The van der Waals surface area contributed by atoms with E-state index in [4.69, 9.17) is 28.3 Å². The van der Waals surface area contributed by atoms with Gasteiger partial charge in [-0.25, -0.2) is 14.6 Å². The molecule has 0 aliphatic rings. The van der Waals surface area contributed by atoms with Crippen LogP contribution in [0.3, 0.4) is 0 Å². The van der Waals surface area contributed by atoms with E-state index in [1.54, 1.807) is 23.1 Å². The third-order valence-electron chi connectivity index (χ3n) is 3.13. The predicted octanol–water partition coefficient (Wildman–Crippen LogP) is 4.59. The highest BCUT2D eigenvalue weighted by Crippen LogP contribution is 2.25. The summed E-state index contributed by atoms with van der Waals surface area (Å²) in [6, 6.07) is 4.36. The van der Waals surface area contributed by atoms with E-state index < -0.39 is 5.97 Å². The average Bonchev–Trinajstić information content (AvgIpc) is 2.97. The summed E-state index contributed by atoms with van der Waals surface area (Å²) < 4.78 is 0. The van der Waals surface area contributed by atoms with Crippen LogP contribution in [0.1, 0.15) is 29.3 Å². The Morgan fingerprint density at radius 2 is 2.04 bits per heavy atom. The maximum Gasteiger partial charge on any atom is 0.355 e. The fraction of sp³-hybridized carbons (Fsp3) is 0.267. The normalized spacial score (nSPS) is 10.7. The molecule has 0 bridgehead atoms. The Bertz CT molecular complexity index is 764. The molecule has 9 heteroatoms. The fourth-order valence-electron chi connectivity index (χ4n) is 1.89. The molecule has 2 rings (SSSR count). The van der Waals surface area contributed by atoms with E-state index in [1.165, 1.54) is 16.7 Å². The molecule has 0 unspecified atom stereocenters. The molecule has 0 saturated carbocycles. The Morgan fingerprint density at radius 3 is 2.58 bits per heavy atom. The van der Waals surface area contributed by atoms with Gasteiger partial charge in [0, 0.05) is 17.1 Å². The number of urea groups is 1. The second-order valence-electron chi connectivity index (χ2n) is 5.21. The molecule has 6 nitrogen and oxygen atoms in total. The summed E-state index contributed by atoms with van der Waals surface area (Å²) in [7, 11) is 0. The molecule has 0 atom stereocenters. The number of nitrogens with zero attached hydrogens (tertiary/aromatic N) is 2. The van der Waals surface area contributed by atoms with E-state index in [9.17, 15) is 9.59 Å². The fourth-order valence-corrected chi connectivity index (χ4v) is 2.95. The quantitative estimate of drug-likeness (QED) is 0.785. The van der Waals surface area contributed by atoms with Gasteiger partial charge in [-0.3, -0.25) is 0 Å². The minimum atomic E-state index is -1.09. The first-order chi connectivity index (χ1) is 11.3. The van der Waals surface area contributed by atoms with Crippen molar-refractivity contribution < 1.29 is 14.7 Å². The SMILES string of the molecule is CC(C)N(Cc1nc(C(=O)O)cs1)C(=O)Nc1ccc(Cl)c(Cl)c1.